The predicted molar refractivity (Wildman–Crippen MR) is 107 cm³/mol. The number of benzene rings is 2. The molecule has 0 unspecified atom stereocenters. The van der Waals surface area contributed by atoms with Crippen LogP contribution in [0, 0.1) is 0 Å². The lowest BCUT2D eigenvalue weighted by atomic mass is 10.2. The minimum atomic E-state index is -1.03. The molecule has 1 aliphatic heterocycles. The summed E-state index contributed by atoms with van der Waals surface area (Å²) < 4.78 is 5.18. The summed E-state index contributed by atoms with van der Waals surface area (Å²) in [5, 5.41) is 8.73. The number of anilines is 2. The quantitative estimate of drug-likeness (QED) is 0.789. The van der Waals surface area contributed by atoms with Crippen LogP contribution in [0.5, 0.6) is 5.75 Å². The number of likely N-dealkylation sites (N-methyl/N-ethyl adjacent to an activating group) is 1. The molecule has 7 heteroatoms. The molecule has 1 fully saturated rings. The molecule has 0 radical (unpaired) electrons. The maximum atomic E-state index is 13.2. The Morgan fingerprint density at radius 1 is 0.964 bits per heavy atom. The van der Waals surface area contributed by atoms with Gasteiger partial charge < -0.3 is 14.7 Å². The summed E-state index contributed by atoms with van der Waals surface area (Å²) in [7, 11) is 2.09. The van der Waals surface area contributed by atoms with Gasteiger partial charge >= 0.3 is 5.97 Å². The fourth-order valence-corrected chi connectivity index (χ4v) is 3.12. The van der Waals surface area contributed by atoms with E-state index in [0.29, 0.717) is 18.0 Å². The number of carboxylic acid groups (broad SMARTS) is 1. The number of para-hydroxylation sites is 1. The second-order valence-electron chi connectivity index (χ2n) is 6.82. The Kier molecular flexibility index (Phi) is 6.62. The number of carboxylic acids is 1. The lowest BCUT2D eigenvalue weighted by molar-refractivity contribution is -0.139. The van der Waals surface area contributed by atoms with Gasteiger partial charge in [-0.15, -0.1) is 0 Å². The molecule has 2 aromatic rings. The first-order valence-electron chi connectivity index (χ1n) is 9.26. The zero-order valence-corrected chi connectivity index (χ0v) is 16.0. The highest BCUT2D eigenvalue weighted by Crippen LogP contribution is 2.27. The van der Waals surface area contributed by atoms with Gasteiger partial charge in [-0.3, -0.25) is 14.6 Å². The first-order valence-corrected chi connectivity index (χ1v) is 9.26. The van der Waals surface area contributed by atoms with Crippen molar-refractivity contribution in [3.8, 4) is 5.75 Å². The molecule has 0 aromatic heterocycles. The smallest absolute Gasteiger partial charge is 0.341 e. The Hall–Kier alpha value is -2.90. The van der Waals surface area contributed by atoms with Crippen LogP contribution < -0.4 is 9.64 Å². The Balaban J connectivity index is 1.77. The highest BCUT2D eigenvalue weighted by atomic mass is 16.5. The Morgan fingerprint density at radius 2 is 1.57 bits per heavy atom. The van der Waals surface area contributed by atoms with E-state index in [1.807, 2.05) is 30.3 Å². The van der Waals surface area contributed by atoms with Crippen LogP contribution in [-0.4, -0.2) is 73.2 Å². The van der Waals surface area contributed by atoms with E-state index in [9.17, 15) is 9.59 Å². The summed E-state index contributed by atoms with van der Waals surface area (Å²) in [6, 6.07) is 16.4. The van der Waals surface area contributed by atoms with Gasteiger partial charge in [-0.1, -0.05) is 18.2 Å². The molecule has 0 saturated carbocycles. The molecular formula is C21H25N3O4. The van der Waals surface area contributed by atoms with Gasteiger partial charge in [-0.25, -0.2) is 4.79 Å². The number of piperazine rings is 1. The van der Waals surface area contributed by atoms with Crippen molar-refractivity contribution in [3.05, 3.63) is 54.6 Å². The molecule has 3 rings (SSSR count). The van der Waals surface area contributed by atoms with Gasteiger partial charge in [0.2, 0.25) is 5.91 Å². The first kappa shape index (κ1) is 19.9. The lowest BCUT2D eigenvalue weighted by Crippen LogP contribution is -2.48. The first-order chi connectivity index (χ1) is 13.5. The molecule has 1 N–H and O–H groups in total. The Morgan fingerprint density at radius 3 is 2.18 bits per heavy atom. The summed E-state index contributed by atoms with van der Waals surface area (Å²) in [5.74, 6) is -0.585. The largest absolute Gasteiger partial charge is 0.482 e. The second-order valence-corrected chi connectivity index (χ2v) is 6.82. The summed E-state index contributed by atoms with van der Waals surface area (Å²) in [5.41, 5.74) is 1.51. The number of hydrogen-bond donors (Lipinski definition) is 1. The monoisotopic (exact) mass is 383 g/mol. The molecule has 0 bridgehead atoms. The van der Waals surface area contributed by atoms with E-state index in [1.54, 1.807) is 29.2 Å². The van der Waals surface area contributed by atoms with E-state index in [4.69, 9.17) is 9.84 Å². The average Bonchev–Trinajstić information content (AvgIpc) is 2.70. The van der Waals surface area contributed by atoms with Gasteiger partial charge in [0.05, 0.1) is 6.54 Å². The number of carbonyl (C=O) groups is 2. The van der Waals surface area contributed by atoms with Crippen molar-refractivity contribution < 1.29 is 19.4 Å². The minimum Gasteiger partial charge on any atom is -0.482 e. The molecular weight excluding hydrogens is 358 g/mol. The summed E-state index contributed by atoms with van der Waals surface area (Å²) >= 11 is 0. The molecule has 148 valence electrons. The molecule has 1 amide bonds. The number of ether oxygens (including phenoxy) is 1. The predicted octanol–water partition coefficient (Wildman–Crippen LogP) is 2.06. The van der Waals surface area contributed by atoms with E-state index in [2.05, 4.69) is 16.8 Å². The van der Waals surface area contributed by atoms with Gasteiger partial charge in [0.1, 0.15) is 5.75 Å². The third-order valence-electron chi connectivity index (χ3n) is 4.68. The molecule has 28 heavy (non-hydrogen) atoms. The zero-order valence-electron chi connectivity index (χ0n) is 16.0. The number of nitrogens with zero attached hydrogens (tertiary/aromatic N) is 3. The Labute approximate surface area is 164 Å². The topological polar surface area (TPSA) is 73.3 Å². The lowest BCUT2D eigenvalue weighted by Gasteiger charge is -2.33. The number of carbonyl (C=O) groups excluding carboxylic acids is 1. The van der Waals surface area contributed by atoms with Crippen LogP contribution in [0.3, 0.4) is 0 Å². The second kappa shape index (κ2) is 9.34. The van der Waals surface area contributed by atoms with Crippen LogP contribution in [0.15, 0.2) is 54.6 Å². The van der Waals surface area contributed by atoms with Crippen molar-refractivity contribution in [1.29, 1.82) is 0 Å². The summed E-state index contributed by atoms with van der Waals surface area (Å²) in [4.78, 5) is 29.9. The summed E-state index contributed by atoms with van der Waals surface area (Å²) in [6.07, 6.45) is 0. The van der Waals surface area contributed by atoms with Crippen molar-refractivity contribution in [3.63, 3.8) is 0 Å². The van der Waals surface area contributed by atoms with Crippen LogP contribution in [0.1, 0.15) is 0 Å². The number of aliphatic carboxylic acids is 1. The highest BCUT2D eigenvalue weighted by Gasteiger charge is 2.23. The van der Waals surface area contributed by atoms with E-state index < -0.39 is 12.6 Å². The average molecular weight is 383 g/mol. The van der Waals surface area contributed by atoms with E-state index >= 15 is 0 Å². The minimum absolute atomic E-state index is 0.00467. The molecule has 1 saturated heterocycles. The molecule has 0 spiro atoms. The van der Waals surface area contributed by atoms with Crippen molar-refractivity contribution in [2.24, 2.45) is 0 Å². The van der Waals surface area contributed by atoms with Crippen molar-refractivity contribution in [1.82, 2.24) is 9.80 Å². The van der Waals surface area contributed by atoms with Crippen LogP contribution in [-0.2, 0) is 9.59 Å². The Bertz CT molecular complexity index is 787. The maximum absolute atomic E-state index is 13.2. The van der Waals surface area contributed by atoms with Crippen molar-refractivity contribution in [2.45, 2.75) is 0 Å². The van der Waals surface area contributed by atoms with Gasteiger partial charge in [0.25, 0.3) is 0 Å². The zero-order chi connectivity index (χ0) is 19.9. The van der Waals surface area contributed by atoms with E-state index in [0.717, 1.165) is 31.9 Å². The van der Waals surface area contributed by atoms with Crippen molar-refractivity contribution >= 4 is 23.3 Å². The van der Waals surface area contributed by atoms with Gasteiger partial charge in [0, 0.05) is 37.6 Å². The highest BCUT2D eigenvalue weighted by molar-refractivity contribution is 6.01. The number of amides is 1. The fourth-order valence-electron chi connectivity index (χ4n) is 3.12. The SMILES string of the molecule is CN1CCN(CC(=O)N(c2ccccc2)c2ccc(OCC(=O)O)cc2)CC1. The third kappa shape index (κ3) is 5.31. The molecule has 1 heterocycles. The standard InChI is InChI=1S/C21H25N3O4/c1-22-11-13-23(14-12-22)15-20(25)24(17-5-3-2-4-6-17)18-7-9-19(10-8-18)28-16-21(26)27/h2-10H,11-16H2,1H3,(H,26,27). The van der Waals surface area contributed by atoms with Gasteiger partial charge in [-0.2, -0.15) is 0 Å². The van der Waals surface area contributed by atoms with Gasteiger partial charge in [-0.05, 0) is 43.4 Å². The maximum Gasteiger partial charge on any atom is 0.341 e. The molecule has 2 aromatic carbocycles. The normalized spacial score (nSPS) is 15.2. The fraction of sp³-hybridized carbons (Fsp3) is 0.333. The van der Waals surface area contributed by atoms with Crippen LogP contribution in [0.2, 0.25) is 0 Å². The number of rotatable bonds is 7. The molecule has 0 aliphatic carbocycles. The number of hydrogen-bond acceptors (Lipinski definition) is 5. The summed E-state index contributed by atoms with van der Waals surface area (Å²) in [6.45, 7) is 3.59. The van der Waals surface area contributed by atoms with Crippen LogP contribution in [0.25, 0.3) is 0 Å². The molecule has 7 nitrogen and oxygen atoms in total. The third-order valence-corrected chi connectivity index (χ3v) is 4.68. The van der Waals surface area contributed by atoms with E-state index in [1.165, 1.54) is 0 Å². The molecule has 1 aliphatic rings. The molecule has 0 atom stereocenters. The van der Waals surface area contributed by atoms with Crippen LogP contribution >= 0.6 is 0 Å². The van der Waals surface area contributed by atoms with Crippen molar-refractivity contribution in [2.75, 3.05) is 51.3 Å². The van der Waals surface area contributed by atoms with Gasteiger partial charge in [0.15, 0.2) is 6.61 Å². The van der Waals surface area contributed by atoms with E-state index in [-0.39, 0.29) is 5.91 Å². The van der Waals surface area contributed by atoms with Crippen LogP contribution in [0.4, 0.5) is 11.4 Å².